The molecule has 0 saturated carbocycles. The van der Waals surface area contributed by atoms with Crippen LogP contribution >= 0.6 is 0 Å². The molecule has 0 amide bonds. The second-order valence-electron chi connectivity index (χ2n) is 6.17. The Morgan fingerprint density at radius 2 is 0.938 bits per heavy atom. The Balaban J connectivity index is 3.06. The summed E-state index contributed by atoms with van der Waals surface area (Å²) >= 11 is 0. The predicted octanol–water partition coefficient (Wildman–Crippen LogP) is 3.94. The number of hydrogen-bond donors (Lipinski definition) is 0. The average Bonchev–Trinajstić information content (AvgIpc) is 2.84. The minimum absolute atomic E-state index is 0.0154. The van der Waals surface area contributed by atoms with Crippen LogP contribution in [0.15, 0.2) is 24.3 Å². The van der Waals surface area contributed by atoms with Crippen molar-refractivity contribution in [2.45, 2.75) is 0 Å². The van der Waals surface area contributed by atoms with Gasteiger partial charge in [-0.15, -0.1) is 0 Å². The fraction of sp³-hybridized carbons (Fsp3) is 0. The molecular weight excluding hydrogens is 400 g/mol. The van der Waals surface area contributed by atoms with E-state index in [2.05, 4.69) is 19.4 Å². The molecule has 0 N–H and O–H groups in total. The molecule has 0 fully saturated rings. The molecular formula is C24H4N8. The van der Waals surface area contributed by atoms with Gasteiger partial charge in [-0.25, -0.2) is 20.2 Å². The summed E-state index contributed by atoms with van der Waals surface area (Å²) in [6, 6.07) is 12.7. The van der Waals surface area contributed by atoms with E-state index in [1.54, 1.807) is 12.1 Å². The van der Waals surface area contributed by atoms with Crippen LogP contribution in [-0.4, -0.2) is 0 Å². The van der Waals surface area contributed by atoms with Crippen LogP contribution < -0.4 is 10.4 Å². The first kappa shape index (κ1) is 20.6. The topological polar surface area (TPSA) is 113 Å². The zero-order valence-electron chi connectivity index (χ0n) is 15.9. The van der Waals surface area contributed by atoms with Gasteiger partial charge < -0.3 is 0 Å². The lowest BCUT2D eigenvalue weighted by atomic mass is 9.92. The highest BCUT2D eigenvalue weighted by Crippen LogP contribution is 2.32. The Bertz CT molecular complexity index is 1590. The lowest BCUT2D eigenvalue weighted by molar-refractivity contribution is 1.44. The fourth-order valence-corrected chi connectivity index (χ4v) is 3.44. The fourth-order valence-electron chi connectivity index (χ4n) is 3.44. The Labute approximate surface area is 181 Å². The van der Waals surface area contributed by atoms with Crippen LogP contribution in [-0.2, 0) is 0 Å². The van der Waals surface area contributed by atoms with Crippen molar-refractivity contribution in [2.24, 2.45) is 0 Å². The van der Waals surface area contributed by atoms with Crippen molar-refractivity contribution in [3.8, 4) is 24.3 Å². The quantitative estimate of drug-likeness (QED) is 0.417. The zero-order valence-corrected chi connectivity index (χ0v) is 15.9. The van der Waals surface area contributed by atoms with Gasteiger partial charge in [0.25, 0.3) is 11.4 Å². The largest absolute Gasteiger partial charge is 0.270 e. The van der Waals surface area contributed by atoms with E-state index in [4.69, 9.17) is 26.3 Å². The van der Waals surface area contributed by atoms with Crippen LogP contribution in [0.3, 0.4) is 0 Å². The molecule has 0 aromatic heterocycles. The van der Waals surface area contributed by atoms with Crippen LogP contribution in [0, 0.1) is 71.6 Å². The van der Waals surface area contributed by atoms with Gasteiger partial charge in [-0.1, -0.05) is 12.1 Å². The molecule has 0 heterocycles. The van der Waals surface area contributed by atoms with E-state index in [0.29, 0.717) is 0 Å². The van der Waals surface area contributed by atoms with E-state index < -0.39 is 0 Å². The summed E-state index contributed by atoms with van der Waals surface area (Å²) < 4.78 is 0. The molecule has 0 spiro atoms. The number of hydrogen-bond acceptors (Lipinski definition) is 4. The number of rotatable bonds is 0. The lowest BCUT2D eigenvalue weighted by Crippen LogP contribution is -2.18. The first-order valence-electron chi connectivity index (χ1n) is 8.49. The van der Waals surface area contributed by atoms with E-state index in [9.17, 15) is 21.0 Å². The average molecular weight is 404 g/mol. The van der Waals surface area contributed by atoms with E-state index in [1.807, 2.05) is 12.1 Å². The maximum atomic E-state index is 9.59. The maximum Gasteiger partial charge on any atom is 0.270 e. The van der Waals surface area contributed by atoms with Gasteiger partial charge in [0.1, 0.15) is 12.1 Å². The summed E-state index contributed by atoms with van der Waals surface area (Å²) in [5.74, 6) is 0. The van der Waals surface area contributed by atoms with Gasteiger partial charge in [-0.05, 0) is 33.7 Å². The van der Waals surface area contributed by atoms with Crippen molar-refractivity contribution in [1.82, 2.24) is 0 Å². The Kier molecular flexibility index (Phi) is 5.18. The Hall–Kier alpha value is -6.16. The molecule has 3 rings (SSSR count). The molecule has 0 bridgehead atoms. The second-order valence-corrected chi connectivity index (χ2v) is 6.17. The molecule has 0 unspecified atom stereocenters. The van der Waals surface area contributed by atoms with Gasteiger partial charge in [-0.2, -0.15) is 10.5 Å². The second kappa shape index (κ2) is 8.06. The number of nitriles is 4. The predicted molar refractivity (Wildman–Crippen MR) is 114 cm³/mol. The molecule has 0 atom stereocenters. The van der Waals surface area contributed by atoms with Crippen molar-refractivity contribution >= 4 is 44.3 Å². The third-order valence-electron chi connectivity index (χ3n) is 4.74. The van der Waals surface area contributed by atoms with Crippen LogP contribution in [0.5, 0.6) is 0 Å². The Morgan fingerprint density at radius 1 is 0.594 bits per heavy atom. The van der Waals surface area contributed by atoms with Gasteiger partial charge in [0, 0.05) is 10.4 Å². The smallest absolute Gasteiger partial charge is 0.250 e. The molecule has 0 aliphatic heterocycles. The maximum absolute atomic E-state index is 9.59. The molecule has 32 heavy (non-hydrogen) atoms. The minimum atomic E-state index is -0.340. The summed E-state index contributed by atoms with van der Waals surface area (Å²) in [5.41, 5.74) is -0.772. The van der Waals surface area contributed by atoms with E-state index in [1.165, 1.54) is 24.3 Å². The Morgan fingerprint density at radius 3 is 1.19 bits per heavy atom. The standard InChI is InChI=1S/C24H4N8/c1-29-19-7-17-18(8-20(19)30-2)24(22(12-28)32-4)16-6-14(10-26)13(9-25)5-15(16)23(17)21(11-27)31-3/h5-8H/b23-21-,24-22-. The third kappa shape index (κ3) is 2.87. The summed E-state index contributed by atoms with van der Waals surface area (Å²) in [6.45, 7) is 29.7. The highest BCUT2D eigenvalue weighted by Gasteiger charge is 2.17. The molecule has 0 saturated heterocycles. The molecule has 0 radical (unpaired) electrons. The van der Waals surface area contributed by atoms with Crippen molar-refractivity contribution < 1.29 is 0 Å². The molecule has 0 aliphatic rings. The first-order chi connectivity index (χ1) is 15.5. The molecule has 0 aliphatic carbocycles. The van der Waals surface area contributed by atoms with E-state index >= 15 is 0 Å². The van der Waals surface area contributed by atoms with Crippen molar-refractivity contribution in [3.63, 3.8) is 0 Å². The van der Waals surface area contributed by atoms with E-state index in [0.717, 1.165) is 0 Å². The third-order valence-corrected chi connectivity index (χ3v) is 4.74. The molecule has 3 aromatic rings. The molecule has 3 aromatic carbocycles. The van der Waals surface area contributed by atoms with Crippen molar-refractivity contribution in [1.29, 1.82) is 21.0 Å². The van der Waals surface area contributed by atoms with Gasteiger partial charge in [0.15, 0.2) is 11.4 Å². The van der Waals surface area contributed by atoms with Crippen molar-refractivity contribution in [2.75, 3.05) is 0 Å². The van der Waals surface area contributed by atoms with Crippen LogP contribution in [0.25, 0.3) is 52.3 Å². The summed E-state index contributed by atoms with van der Waals surface area (Å²) in [7, 11) is 0. The van der Waals surface area contributed by atoms with Gasteiger partial charge in [0.05, 0.1) is 49.6 Å². The normalized spacial score (nSPS) is 11.2. The van der Waals surface area contributed by atoms with Crippen molar-refractivity contribution in [3.05, 3.63) is 91.5 Å². The molecule has 140 valence electrons. The lowest BCUT2D eigenvalue weighted by Gasteiger charge is -2.11. The van der Waals surface area contributed by atoms with E-state index in [-0.39, 0.29) is 65.9 Å². The summed E-state index contributed by atoms with van der Waals surface area (Å²) in [6.07, 6.45) is 0. The minimum Gasteiger partial charge on any atom is -0.250 e. The van der Waals surface area contributed by atoms with Gasteiger partial charge in [-0.3, -0.25) is 9.69 Å². The highest BCUT2D eigenvalue weighted by molar-refractivity contribution is 6.07. The zero-order chi connectivity index (χ0) is 23.4. The van der Waals surface area contributed by atoms with Crippen LogP contribution in [0.2, 0.25) is 0 Å². The van der Waals surface area contributed by atoms with Gasteiger partial charge in [0.2, 0.25) is 0 Å². The number of nitrogens with zero attached hydrogens (tertiary/aromatic N) is 8. The van der Waals surface area contributed by atoms with Crippen LogP contribution in [0.4, 0.5) is 11.4 Å². The molecule has 8 heteroatoms. The van der Waals surface area contributed by atoms with Gasteiger partial charge >= 0.3 is 0 Å². The summed E-state index contributed by atoms with van der Waals surface area (Å²) in [4.78, 5) is 13.2. The molecule has 8 nitrogen and oxygen atoms in total. The SMILES string of the molecule is [C-]#[N+]/C(C#N)=c1/c2cc(C#N)c(C#N)cc2/c(=C(\C#N)[N+]#[C-])c2cc([N+]#[C-])c([N+]#[C-])cc12. The monoisotopic (exact) mass is 404 g/mol. The number of fused-ring (bicyclic) bond motifs is 2. The summed E-state index contributed by atoms with van der Waals surface area (Å²) in [5, 5.41) is 39.2. The number of benzene rings is 3. The van der Waals surface area contributed by atoms with Crippen LogP contribution in [0.1, 0.15) is 11.1 Å². The highest BCUT2D eigenvalue weighted by atomic mass is 14.8. The first-order valence-corrected chi connectivity index (χ1v) is 8.49.